The molecule has 2 aromatic rings. The first kappa shape index (κ1) is 19.9. The van der Waals surface area contributed by atoms with E-state index in [1.807, 2.05) is 36.4 Å². The van der Waals surface area contributed by atoms with E-state index in [9.17, 15) is 13.2 Å². The zero-order valence-electron chi connectivity index (χ0n) is 16.3. The third kappa shape index (κ3) is 4.97. The van der Waals surface area contributed by atoms with Crippen LogP contribution >= 0.6 is 0 Å². The van der Waals surface area contributed by atoms with Gasteiger partial charge in [-0.15, -0.1) is 0 Å². The van der Waals surface area contributed by atoms with Crippen molar-refractivity contribution in [3.8, 4) is 5.75 Å². The van der Waals surface area contributed by atoms with Crippen LogP contribution in [0.4, 0.5) is 0 Å². The molecular formula is C22H26N2O4S. The van der Waals surface area contributed by atoms with Crippen molar-refractivity contribution in [1.82, 2.24) is 10.2 Å². The summed E-state index contributed by atoms with van der Waals surface area (Å²) in [5, 5.41) is 2.96. The van der Waals surface area contributed by atoms with Gasteiger partial charge in [-0.3, -0.25) is 9.69 Å². The van der Waals surface area contributed by atoms with Gasteiger partial charge < -0.3 is 10.1 Å². The van der Waals surface area contributed by atoms with Gasteiger partial charge in [-0.25, -0.2) is 8.42 Å². The fourth-order valence-corrected chi connectivity index (χ4v) is 6.07. The van der Waals surface area contributed by atoms with Gasteiger partial charge in [-0.1, -0.05) is 36.4 Å². The molecule has 2 heterocycles. The molecule has 0 aliphatic carbocycles. The normalized spacial score (nSPS) is 23.7. The summed E-state index contributed by atoms with van der Waals surface area (Å²) in [6.45, 7) is 2.22. The predicted octanol–water partition coefficient (Wildman–Crippen LogP) is 2.26. The van der Waals surface area contributed by atoms with Crippen molar-refractivity contribution in [2.75, 3.05) is 24.6 Å². The Kier molecular flexibility index (Phi) is 5.87. The molecule has 154 valence electrons. The highest BCUT2D eigenvalue weighted by molar-refractivity contribution is 7.91. The Morgan fingerprint density at radius 1 is 1.03 bits per heavy atom. The highest BCUT2D eigenvalue weighted by Gasteiger charge is 2.42. The van der Waals surface area contributed by atoms with E-state index >= 15 is 0 Å². The monoisotopic (exact) mass is 414 g/mol. The number of carbonyl (C=O) groups is 1. The summed E-state index contributed by atoms with van der Waals surface area (Å²) in [6.07, 6.45) is 2.16. The second-order valence-corrected chi connectivity index (χ2v) is 9.92. The third-order valence-corrected chi connectivity index (χ3v) is 7.31. The van der Waals surface area contributed by atoms with Crippen molar-refractivity contribution in [2.24, 2.45) is 0 Å². The van der Waals surface area contributed by atoms with Gasteiger partial charge in [0.1, 0.15) is 12.4 Å². The first-order valence-electron chi connectivity index (χ1n) is 10.0. The van der Waals surface area contributed by atoms with E-state index in [0.717, 1.165) is 31.5 Å². The van der Waals surface area contributed by atoms with Gasteiger partial charge in [0.15, 0.2) is 9.84 Å². The summed E-state index contributed by atoms with van der Waals surface area (Å²) in [6, 6.07) is 16.3. The highest BCUT2D eigenvalue weighted by atomic mass is 32.2. The topological polar surface area (TPSA) is 75.7 Å². The zero-order chi connectivity index (χ0) is 20.3. The van der Waals surface area contributed by atoms with Crippen molar-refractivity contribution in [1.29, 1.82) is 0 Å². The maximum Gasteiger partial charge on any atom is 0.251 e. The standard InChI is InChI=1S/C22H26N2O4S/c25-22(23-20-15-29(26,27)16-21(20)24-11-4-5-12-24)18-9-6-10-19(13-18)28-14-17-7-2-1-3-8-17/h1-3,6-10,13,20-21H,4-5,11-12,14-16H2,(H,23,25). The molecule has 2 unspecified atom stereocenters. The number of rotatable bonds is 6. The molecule has 2 atom stereocenters. The molecule has 4 rings (SSSR count). The summed E-state index contributed by atoms with van der Waals surface area (Å²) in [5.41, 5.74) is 1.52. The van der Waals surface area contributed by atoms with Gasteiger partial charge >= 0.3 is 0 Å². The Morgan fingerprint density at radius 3 is 2.55 bits per heavy atom. The van der Waals surface area contributed by atoms with Crippen LogP contribution in [0.25, 0.3) is 0 Å². The van der Waals surface area contributed by atoms with Crippen LogP contribution in [0.2, 0.25) is 0 Å². The number of nitrogens with zero attached hydrogens (tertiary/aromatic N) is 1. The van der Waals surface area contributed by atoms with Crippen LogP contribution in [-0.2, 0) is 16.4 Å². The highest BCUT2D eigenvalue weighted by Crippen LogP contribution is 2.23. The molecule has 0 bridgehead atoms. The Balaban J connectivity index is 1.42. The van der Waals surface area contributed by atoms with Crippen LogP contribution < -0.4 is 10.1 Å². The van der Waals surface area contributed by atoms with Gasteiger partial charge in [0, 0.05) is 11.6 Å². The number of ether oxygens (including phenoxy) is 1. The molecule has 2 aliphatic rings. The number of amides is 1. The summed E-state index contributed by atoms with van der Waals surface area (Å²) >= 11 is 0. The quantitative estimate of drug-likeness (QED) is 0.785. The Hall–Kier alpha value is -2.38. The number of nitrogens with one attached hydrogen (secondary N) is 1. The Bertz CT molecular complexity index is 956. The molecule has 0 aromatic heterocycles. The van der Waals surface area contributed by atoms with Crippen LogP contribution in [0.5, 0.6) is 5.75 Å². The van der Waals surface area contributed by atoms with Crippen molar-refractivity contribution >= 4 is 15.7 Å². The summed E-state index contributed by atoms with van der Waals surface area (Å²) in [4.78, 5) is 15.0. The largest absolute Gasteiger partial charge is 0.489 e. The number of hydrogen-bond donors (Lipinski definition) is 1. The van der Waals surface area contributed by atoms with E-state index < -0.39 is 9.84 Å². The van der Waals surface area contributed by atoms with Crippen LogP contribution in [-0.4, -0.2) is 55.9 Å². The summed E-state index contributed by atoms with van der Waals surface area (Å²) < 4.78 is 30.2. The van der Waals surface area contributed by atoms with E-state index in [1.165, 1.54) is 0 Å². The van der Waals surface area contributed by atoms with E-state index in [-0.39, 0.29) is 29.5 Å². The van der Waals surface area contributed by atoms with E-state index in [2.05, 4.69) is 10.2 Å². The van der Waals surface area contributed by atoms with Gasteiger partial charge in [0.2, 0.25) is 0 Å². The Labute approximate surface area is 171 Å². The van der Waals surface area contributed by atoms with Crippen molar-refractivity contribution in [3.05, 3.63) is 65.7 Å². The van der Waals surface area contributed by atoms with Gasteiger partial charge in [-0.05, 0) is 49.7 Å². The lowest BCUT2D eigenvalue weighted by atomic mass is 10.1. The second kappa shape index (κ2) is 8.55. The maximum absolute atomic E-state index is 12.8. The first-order valence-corrected chi connectivity index (χ1v) is 11.8. The molecule has 2 fully saturated rings. The maximum atomic E-state index is 12.8. The number of benzene rings is 2. The number of hydrogen-bond acceptors (Lipinski definition) is 5. The second-order valence-electron chi connectivity index (χ2n) is 7.77. The van der Waals surface area contributed by atoms with Crippen LogP contribution in [0.15, 0.2) is 54.6 Å². The molecule has 2 saturated heterocycles. The lowest BCUT2D eigenvalue weighted by molar-refractivity contribution is 0.0918. The zero-order valence-corrected chi connectivity index (χ0v) is 17.1. The molecule has 2 aromatic carbocycles. The van der Waals surface area contributed by atoms with Crippen LogP contribution in [0, 0.1) is 0 Å². The molecule has 0 spiro atoms. The average molecular weight is 415 g/mol. The molecule has 2 aliphatic heterocycles. The van der Waals surface area contributed by atoms with Gasteiger partial charge in [-0.2, -0.15) is 0 Å². The molecule has 0 radical (unpaired) electrons. The molecule has 29 heavy (non-hydrogen) atoms. The third-order valence-electron chi connectivity index (χ3n) is 5.59. The minimum Gasteiger partial charge on any atom is -0.489 e. The summed E-state index contributed by atoms with van der Waals surface area (Å²) in [5.74, 6) is 0.473. The van der Waals surface area contributed by atoms with E-state index in [4.69, 9.17) is 4.74 Å². The molecular weight excluding hydrogens is 388 g/mol. The SMILES string of the molecule is O=C(NC1CS(=O)(=O)CC1N1CCCC1)c1cccc(OCc2ccccc2)c1. The van der Waals surface area contributed by atoms with Gasteiger partial charge in [0.05, 0.1) is 17.5 Å². The van der Waals surface area contributed by atoms with Gasteiger partial charge in [0.25, 0.3) is 5.91 Å². The number of carbonyl (C=O) groups excluding carboxylic acids is 1. The minimum atomic E-state index is -3.14. The van der Waals surface area contributed by atoms with Crippen molar-refractivity contribution in [2.45, 2.75) is 31.5 Å². The number of likely N-dealkylation sites (tertiary alicyclic amines) is 1. The van der Waals surface area contributed by atoms with Crippen molar-refractivity contribution < 1.29 is 17.9 Å². The smallest absolute Gasteiger partial charge is 0.251 e. The summed E-state index contributed by atoms with van der Waals surface area (Å²) in [7, 11) is -3.14. The first-order chi connectivity index (χ1) is 14.0. The fourth-order valence-electron chi connectivity index (χ4n) is 4.12. The minimum absolute atomic E-state index is 0.00407. The average Bonchev–Trinajstić information content (AvgIpc) is 3.35. The van der Waals surface area contributed by atoms with Crippen LogP contribution in [0.3, 0.4) is 0 Å². The van der Waals surface area contributed by atoms with Crippen LogP contribution in [0.1, 0.15) is 28.8 Å². The van der Waals surface area contributed by atoms with E-state index in [0.29, 0.717) is 17.9 Å². The lowest BCUT2D eigenvalue weighted by Crippen LogP contribution is -2.50. The molecule has 1 amide bonds. The van der Waals surface area contributed by atoms with E-state index in [1.54, 1.807) is 18.2 Å². The predicted molar refractivity (Wildman–Crippen MR) is 112 cm³/mol. The fraction of sp³-hybridized carbons (Fsp3) is 0.409. The molecule has 7 heteroatoms. The molecule has 1 N–H and O–H groups in total. The number of sulfone groups is 1. The lowest BCUT2D eigenvalue weighted by Gasteiger charge is -2.28. The Morgan fingerprint density at radius 2 is 1.79 bits per heavy atom. The molecule has 6 nitrogen and oxygen atoms in total. The molecule has 0 saturated carbocycles. The van der Waals surface area contributed by atoms with Crippen molar-refractivity contribution in [3.63, 3.8) is 0 Å².